The van der Waals surface area contributed by atoms with Gasteiger partial charge in [-0.25, -0.2) is 9.59 Å². The van der Waals surface area contributed by atoms with Crippen LogP contribution in [-0.4, -0.2) is 36.2 Å². The number of rotatable bonds is 5. The highest BCUT2D eigenvalue weighted by atomic mass is 16.6. The highest BCUT2D eigenvalue weighted by Crippen LogP contribution is 2.21. The van der Waals surface area contributed by atoms with Crippen molar-refractivity contribution in [2.75, 3.05) is 13.2 Å². The zero-order valence-corrected chi connectivity index (χ0v) is 12.1. The lowest BCUT2D eigenvalue weighted by molar-refractivity contribution is -0.152. The van der Waals surface area contributed by atoms with E-state index in [2.05, 4.69) is 14.8 Å². The molecular formula is C14H13N5O4. The second kappa shape index (κ2) is 7.68. The van der Waals surface area contributed by atoms with E-state index in [1.807, 2.05) is 0 Å². The summed E-state index contributed by atoms with van der Waals surface area (Å²) in [5, 5.41) is 11.8. The Balaban J connectivity index is 1.84. The van der Waals surface area contributed by atoms with Gasteiger partial charge < -0.3 is 9.47 Å². The highest BCUT2D eigenvalue weighted by Gasteiger charge is 2.39. The molecular weight excluding hydrogens is 302 g/mol. The van der Waals surface area contributed by atoms with Gasteiger partial charge in [-0.3, -0.25) is 4.90 Å². The van der Waals surface area contributed by atoms with Crippen molar-refractivity contribution in [3.8, 4) is 6.07 Å². The molecule has 0 radical (unpaired) electrons. The molecule has 0 saturated carbocycles. The Kier molecular flexibility index (Phi) is 5.39. The molecule has 1 aliphatic rings. The van der Waals surface area contributed by atoms with Crippen LogP contribution in [0.3, 0.4) is 0 Å². The number of esters is 1. The van der Waals surface area contributed by atoms with Crippen molar-refractivity contribution in [2.45, 2.75) is 19.1 Å². The van der Waals surface area contributed by atoms with Crippen LogP contribution in [0, 0.1) is 11.3 Å². The Labute approximate surface area is 131 Å². The molecule has 1 heterocycles. The minimum absolute atomic E-state index is 0.0336. The summed E-state index contributed by atoms with van der Waals surface area (Å²) < 4.78 is 9.81. The predicted molar refractivity (Wildman–Crippen MR) is 77.1 cm³/mol. The first kappa shape index (κ1) is 16.1. The van der Waals surface area contributed by atoms with Crippen LogP contribution in [-0.2, 0) is 20.9 Å². The van der Waals surface area contributed by atoms with Crippen molar-refractivity contribution in [2.24, 2.45) is 5.11 Å². The Morgan fingerprint density at radius 2 is 2.13 bits per heavy atom. The predicted octanol–water partition coefficient (Wildman–Crippen LogP) is 2.41. The molecule has 2 rings (SSSR count). The molecule has 1 atom stereocenters. The molecule has 1 fully saturated rings. The third-order valence-electron chi connectivity index (χ3n) is 3.26. The lowest BCUT2D eigenvalue weighted by atomic mass is 10.0. The molecule has 9 heteroatoms. The number of likely N-dealkylation sites (tertiary alicyclic amines) is 1. The molecule has 0 aromatic heterocycles. The van der Waals surface area contributed by atoms with Crippen molar-refractivity contribution in [1.29, 1.82) is 5.26 Å². The van der Waals surface area contributed by atoms with Crippen LogP contribution in [0.25, 0.3) is 10.4 Å². The minimum Gasteiger partial charge on any atom is -0.449 e. The first-order valence-electron chi connectivity index (χ1n) is 6.76. The molecule has 23 heavy (non-hydrogen) atoms. The summed E-state index contributed by atoms with van der Waals surface area (Å²) in [6, 6.07) is 7.56. The Morgan fingerprint density at radius 3 is 2.70 bits per heavy atom. The molecule has 1 saturated heterocycles. The van der Waals surface area contributed by atoms with E-state index >= 15 is 0 Å². The standard InChI is InChI=1S/C14H13N5O4/c15-6-8-22-13(20)12-5-7-19(12)14(21)23-9-10-1-3-11(4-2-10)17-18-16/h1-4,12H,5,7-9H2/t12-/m0/s1. The van der Waals surface area contributed by atoms with Gasteiger partial charge in [0.2, 0.25) is 0 Å². The van der Waals surface area contributed by atoms with E-state index in [9.17, 15) is 9.59 Å². The van der Waals surface area contributed by atoms with E-state index in [1.54, 1.807) is 30.3 Å². The van der Waals surface area contributed by atoms with Crippen molar-refractivity contribution in [3.05, 3.63) is 40.3 Å². The van der Waals surface area contributed by atoms with E-state index < -0.39 is 18.1 Å². The molecule has 0 unspecified atom stereocenters. The number of benzene rings is 1. The summed E-state index contributed by atoms with van der Waals surface area (Å²) in [7, 11) is 0. The molecule has 0 aliphatic carbocycles. The van der Waals surface area contributed by atoms with Gasteiger partial charge in [0.1, 0.15) is 18.7 Å². The summed E-state index contributed by atoms with van der Waals surface area (Å²) in [5.74, 6) is -0.603. The van der Waals surface area contributed by atoms with Gasteiger partial charge in [-0.05, 0) is 17.5 Å². The van der Waals surface area contributed by atoms with Crippen LogP contribution in [0.1, 0.15) is 12.0 Å². The lowest BCUT2D eigenvalue weighted by Gasteiger charge is -2.37. The number of nitriles is 1. The van der Waals surface area contributed by atoms with Crippen LogP contribution < -0.4 is 0 Å². The molecule has 1 aromatic rings. The lowest BCUT2D eigenvalue weighted by Crippen LogP contribution is -2.55. The Morgan fingerprint density at radius 1 is 1.39 bits per heavy atom. The number of amides is 1. The van der Waals surface area contributed by atoms with Crippen molar-refractivity contribution in [3.63, 3.8) is 0 Å². The van der Waals surface area contributed by atoms with E-state index in [0.29, 0.717) is 18.7 Å². The van der Waals surface area contributed by atoms with Crippen LogP contribution in [0.15, 0.2) is 29.4 Å². The smallest absolute Gasteiger partial charge is 0.410 e. The number of ether oxygens (including phenoxy) is 2. The van der Waals surface area contributed by atoms with Crippen LogP contribution in [0.4, 0.5) is 10.5 Å². The maximum absolute atomic E-state index is 11.9. The second-order valence-electron chi connectivity index (χ2n) is 4.67. The van der Waals surface area contributed by atoms with Crippen molar-refractivity contribution in [1.82, 2.24) is 4.90 Å². The number of carbonyl (C=O) groups is 2. The first-order chi connectivity index (χ1) is 11.2. The van der Waals surface area contributed by atoms with Crippen LogP contribution in [0.5, 0.6) is 0 Å². The fourth-order valence-corrected chi connectivity index (χ4v) is 1.99. The summed E-state index contributed by atoms with van der Waals surface area (Å²) in [6.07, 6.45) is -0.130. The maximum atomic E-state index is 11.9. The molecule has 1 amide bonds. The maximum Gasteiger partial charge on any atom is 0.410 e. The Bertz CT molecular complexity index is 675. The van der Waals surface area contributed by atoms with Gasteiger partial charge in [0.15, 0.2) is 6.61 Å². The zero-order valence-electron chi connectivity index (χ0n) is 12.1. The average Bonchev–Trinajstić information content (AvgIpc) is 2.51. The van der Waals surface area contributed by atoms with Crippen LogP contribution in [0.2, 0.25) is 0 Å². The Hall–Kier alpha value is -3.24. The summed E-state index contributed by atoms with van der Waals surface area (Å²) in [4.78, 5) is 27.5. The molecule has 0 spiro atoms. The van der Waals surface area contributed by atoms with Crippen LogP contribution >= 0.6 is 0 Å². The summed E-state index contributed by atoms with van der Waals surface area (Å²) in [5.41, 5.74) is 9.50. The monoisotopic (exact) mass is 315 g/mol. The molecule has 118 valence electrons. The van der Waals surface area contributed by atoms with Gasteiger partial charge in [0.25, 0.3) is 0 Å². The third-order valence-corrected chi connectivity index (χ3v) is 3.26. The van der Waals surface area contributed by atoms with Gasteiger partial charge in [-0.2, -0.15) is 5.26 Å². The summed E-state index contributed by atoms with van der Waals surface area (Å²) >= 11 is 0. The number of nitrogens with zero attached hydrogens (tertiary/aromatic N) is 5. The fourth-order valence-electron chi connectivity index (χ4n) is 1.99. The van der Waals surface area contributed by atoms with E-state index in [-0.39, 0.29) is 13.2 Å². The van der Waals surface area contributed by atoms with Gasteiger partial charge in [0.05, 0.1) is 0 Å². The topological polar surface area (TPSA) is 128 Å². The van der Waals surface area contributed by atoms with Gasteiger partial charge in [-0.1, -0.05) is 29.4 Å². The fraction of sp³-hybridized carbons (Fsp3) is 0.357. The number of hydrogen-bond acceptors (Lipinski definition) is 6. The number of carbonyl (C=O) groups excluding carboxylic acids is 2. The van der Waals surface area contributed by atoms with E-state index in [1.165, 1.54) is 4.90 Å². The second-order valence-corrected chi connectivity index (χ2v) is 4.67. The van der Waals surface area contributed by atoms with Gasteiger partial charge in [-0.15, -0.1) is 0 Å². The summed E-state index contributed by atoms with van der Waals surface area (Å²) in [6.45, 7) is 0.0998. The molecule has 0 bridgehead atoms. The minimum atomic E-state index is -0.691. The van der Waals surface area contributed by atoms with Crippen molar-refractivity contribution < 1.29 is 19.1 Å². The van der Waals surface area contributed by atoms with Gasteiger partial charge >= 0.3 is 12.1 Å². The highest BCUT2D eigenvalue weighted by molar-refractivity contribution is 5.83. The first-order valence-corrected chi connectivity index (χ1v) is 6.76. The number of azide groups is 1. The third kappa shape index (κ3) is 4.12. The van der Waals surface area contributed by atoms with E-state index in [0.717, 1.165) is 5.56 Å². The normalized spacial score (nSPS) is 15.6. The SMILES string of the molecule is N#CCOC(=O)[C@@H]1CCN1C(=O)OCc1ccc(N=[N+]=[N-])cc1. The largest absolute Gasteiger partial charge is 0.449 e. The number of hydrogen-bond donors (Lipinski definition) is 0. The van der Waals surface area contributed by atoms with E-state index in [4.69, 9.17) is 15.5 Å². The quantitative estimate of drug-likeness (QED) is 0.356. The zero-order chi connectivity index (χ0) is 16.7. The molecule has 0 N–H and O–H groups in total. The molecule has 1 aliphatic heterocycles. The van der Waals surface area contributed by atoms with Crippen molar-refractivity contribution >= 4 is 17.7 Å². The van der Waals surface area contributed by atoms with Gasteiger partial charge in [0, 0.05) is 17.1 Å². The molecule has 9 nitrogen and oxygen atoms in total. The molecule has 1 aromatic carbocycles. The average molecular weight is 315 g/mol.